The second kappa shape index (κ2) is 5.41. The second-order valence-corrected chi connectivity index (χ2v) is 2.29. The topological polar surface area (TPSA) is 26.3 Å². The van der Waals surface area contributed by atoms with Crippen LogP contribution >= 0.6 is 0 Å². The lowest BCUT2D eigenvalue weighted by Crippen LogP contribution is -2.06. The maximum absolute atomic E-state index is 11.9. The smallest absolute Gasteiger partial charge is 0.392 e. The zero-order chi connectivity index (χ0) is 11.2. The number of esters is 1. The van der Waals surface area contributed by atoms with Crippen LogP contribution in [0.25, 0.3) is 0 Å². The minimum atomic E-state index is -4.29. The Kier molecular flexibility index (Phi) is 4.90. The highest BCUT2D eigenvalue weighted by Crippen LogP contribution is 2.19. The molecule has 0 fully saturated rings. The fourth-order valence-corrected chi connectivity index (χ4v) is 0.487. The Labute approximate surface area is 77.9 Å². The SMILES string of the molecule is C=C(F)C(=O)OC/C=C/CC(F)(F)F. The van der Waals surface area contributed by atoms with Crippen molar-refractivity contribution in [1.29, 1.82) is 0 Å². The Balaban J connectivity index is 3.65. The maximum atomic E-state index is 11.9. The average molecular weight is 212 g/mol. The summed E-state index contributed by atoms with van der Waals surface area (Å²) in [5, 5.41) is 0. The van der Waals surface area contributed by atoms with Crippen LogP contribution in [0.15, 0.2) is 24.6 Å². The van der Waals surface area contributed by atoms with Crippen molar-refractivity contribution in [1.82, 2.24) is 0 Å². The first-order valence-corrected chi connectivity index (χ1v) is 3.56. The summed E-state index contributed by atoms with van der Waals surface area (Å²) < 4.78 is 50.7. The molecule has 0 aromatic rings. The monoisotopic (exact) mass is 212 g/mol. The molecular formula is C8H8F4O2. The molecule has 0 saturated carbocycles. The normalized spacial score (nSPS) is 11.7. The van der Waals surface area contributed by atoms with E-state index >= 15 is 0 Å². The largest absolute Gasteiger partial charge is 0.456 e. The number of ether oxygens (including phenoxy) is 1. The van der Waals surface area contributed by atoms with Crippen LogP contribution < -0.4 is 0 Å². The molecule has 0 aromatic carbocycles. The number of rotatable bonds is 4. The molecule has 0 aliphatic rings. The van der Waals surface area contributed by atoms with E-state index in [9.17, 15) is 22.4 Å². The molecule has 0 aliphatic carbocycles. The molecule has 0 spiro atoms. The van der Waals surface area contributed by atoms with Gasteiger partial charge in [-0.3, -0.25) is 0 Å². The third-order valence-corrected chi connectivity index (χ3v) is 1.05. The average Bonchev–Trinajstić information content (AvgIpc) is 2.01. The molecule has 0 rings (SSSR count). The molecule has 80 valence electrons. The van der Waals surface area contributed by atoms with Crippen LogP contribution in [0.4, 0.5) is 17.6 Å². The minimum absolute atomic E-state index is 0.405. The fourth-order valence-electron chi connectivity index (χ4n) is 0.487. The summed E-state index contributed by atoms with van der Waals surface area (Å²) in [6.45, 7) is 2.24. The van der Waals surface area contributed by atoms with Crippen molar-refractivity contribution in [2.75, 3.05) is 6.61 Å². The third kappa shape index (κ3) is 7.33. The summed E-state index contributed by atoms with van der Waals surface area (Å²) in [6.07, 6.45) is -3.63. The van der Waals surface area contributed by atoms with Crippen molar-refractivity contribution in [3.05, 3.63) is 24.6 Å². The van der Waals surface area contributed by atoms with Crippen LogP contribution in [-0.4, -0.2) is 18.8 Å². The van der Waals surface area contributed by atoms with Crippen LogP contribution in [0.1, 0.15) is 6.42 Å². The van der Waals surface area contributed by atoms with Crippen LogP contribution in [0.5, 0.6) is 0 Å². The number of halogens is 4. The number of carbonyl (C=O) groups is 1. The lowest BCUT2D eigenvalue weighted by Gasteiger charge is -2.00. The van der Waals surface area contributed by atoms with Crippen molar-refractivity contribution in [2.45, 2.75) is 12.6 Å². The van der Waals surface area contributed by atoms with Crippen molar-refractivity contribution in [2.24, 2.45) is 0 Å². The molecule has 0 bridgehead atoms. The highest BCUT2D eigenvalue weighted by molar-refractivity contribution is 5.85. The van der Waals surface area contributed by atoms with Gasteiger partial charge >= 0.3 is 12.1 Å². The van der Waals surface area contributed by atoms with E-state index in [1.165, 1.54) is 0 Å². The Morgan fingerprint density at radius 2 is 1.93 bits per heavy atom. The Bertz CT molecular complexity index is 242. The van der Waals surface area contributed by atoms with E-state index in [-0.39, 0.29) is 0 Å². The van der Waals surface area contributed by atoms with Gasteiger partial charge in [0.15, 0.2) is 0 Å². The minimum Gasteiger partial charge on any atom is -0.456 e. The summed E-state index contributed by atoms with van der Waals surface area (Å²) in [5.74, 6) is -2.56. The maximum Gasteiger partial charge on any atom is 0.392 e. The van der Waals surface area contributed by atoms with E-state index in [1.807, 2.05) is 0 Å². The molecule has 0 unspecified atom stereocenters. The van der Waals surface area contributed by atoms with Crippen LogP contribution in [-0.2, 0) is 9.53 Å². The zero-order valence-corrected chi connectivity index (χ0v) is 7.10. The first-order chi connectivity index (χ1) is 6.33. The predicted molar refractivity (Wildman–Crippen MR) is 41.0 cm³/mol. The van der Waals surface area contributed by atoms with E-state index in [2.05, 4.69) is 11.3 Å². The zero-order valence-electron chi connectivity index (χ0n) is 7.10. The third-order valence-electron chi connectivity index (χ3n) is 1.05. The number of allylic oxidation sites excluding steroid dienone is 1. The van der Waals surface area contributed by atoms with Gasteiger partial charge in [-0.2, -0.15) is 17.6 Å². The van der Waals surface area contributed by atoms with Gasteiger partial charge < -0.3 is 4.74 Å². The van der Waals surface area contributed by atoms with Crippen molar-refractivity contribution >= 4 is 5.97 Å². The van der Waals surface area contributed by atoms with Crippen molar-refractivity contribution in [3.63, 3.8) is 0 Å². The van der Waals surface area contributed by atoms with E-state index in [0.29, 0.717) is 0 Å². The summed E-state index contributed by atoms with van der Waals surface area (Å²) in [4.78, 5) is 10.4. The van der Waals surface area contributed by atoms with Crippen LogP contribution in [0.2, 0.25) is 0 Å². The molecule has 2 nitrogen and oxygen atoms in total. The van der Waals surface area contributed by atoms with E-state index < -0.39 is 31.0 Å². The molecule has 0 aliphatic heterocycles. The summed E-state index contributed by atoms with van der Waals surface area (Å²) in [7, 11) is 0. The van der Waals surface area contributed by atoms with Crippen LogP contribution in [0, 0.1) is 0 Å². The van der Waals surface area contributed by atoms with Gasteiger partial charge in [0.25, 0.3) is 0 Å². The van der Waals surface area contributed by atoms with Gasteiger partial charge in [0.1, 0.15) is 6.61 Å². The van der Waals surface area contributed by atoms with Gasteiger partial charge in [0.05, 0.1) is 6.42 Å². The Hall–Kier alpha value is -1.33. The number of carbonyl (C=O) groups excluding carboxylic acids is 1. The Morgan fingerprint density at radius 3 is 2.36 bits per heavy atom. The summed E-state index contributed by atoms with van der Waals surface area (Å²) in [5.41, 5.74) is 0. The number of alkyl halides is 3. The van der Waals surface area contributed by atoms with Gasteiger partial charge in [0, 0.05) is 0 Å². The van der Waals surface area contributed by atoms with Gasteiger partial charge in [-0.1, -0.05) is 18.7 Å². The van der Waals surface area contributed by atoms with Gasteiger partial charge in [-0.05, 0) is 0 Å². The molecule has 14 heavy (non-hydrogen) atoms. The molecule has 0 atom stereocenters. The first kappa shape index (κ1) is 12.7. The van der Waals surface area contributed by atoms with Crippen LogP contribution in [0.3, 0.4) is 0 Å². The molecule has 0 saturated heterocycles. The van der Waals surface area contributed by atoms with Gasteiger partial charge in [-0.15, -0.1) is 0 Å². The highest BCUT2D eigenvalue weighted by Gasteiger charge is 2.24. The molecule has 0 amide bonds. The highest BCUT2D eigenvalue weighted by atomic mass is 19.4. The lowest BCUT2D eigenvalue weighted by molar-refractivity contribution is -0.139. The fraction of sp³-hybridized carbons (Fsp3) is 0.375. The summed E-state index contributed by atoms with van der Waals surface area (Å²) >= 11 is 0. The molecule has 0 aromatic heterocycles. The molecule has 0 radical (unpaired) electrons. The second-order valence-electron chi connectivity index (χ2n) is 2.29. The predicted octanol–water partition coefficient (Wildman–Crippen LogP) is 2.52. The lowest BCUT2D eigenvalue weighted by atomic mass is 10.4. The first-order valence-electron chi connectivity index (χ1n) is 3.56. The molecule has 0 heterocycles. The van der Waals surface area contributed by atoms with Crippen molar-refractivity contribution < 1.29 is 27.1 Å². The number of hydrogen-bond donors (Lipinski definition) is 0. The summed E-state index contributed by atoms with van der Waals surface area (Å²) in [6, 6.07) is 0. The Morgan fingerprint density at radius 1 is 1.36 bits per heavy atom. The van der Waals surface area contributed by atoms with Gasteiger partial charge in [-0.25, -0.2) is 4.79 Å². The molecular weight excluding hydrogens is 204 g/mol. The molecule has 0 N–H and O–H groups in total. The quantitative estimate of drug-likeness (QED) is 0.310. The van der Waals surface area contributed by atoms with Crippen molar-refractivity contribution in [3.8, 4) is 0 Å². The van der Waals surface area contributed by atoms with E-state index in [4.69, 9.17) is 0 Å². The number of hydrogen-bond acceptors (Lipinski definition) is 2. The molecule has 6 heteroatoms. The standard InChI is InChI=1S/C8H8F4O2/c1-6(9)7(13)14-5-3-2-4-8(10,11)12/h2-3H,1,4-5H2/b3-2+. The van der Waals surface area contributed by atoms with E-state index in [1.54, 1.807) is 0 Å². The van der Waals surface area contributed by atoms with E-state index in [0.717, 1.165) is 12.2 Å². The van der Waals surface area contributed by atoms with Gasteiger partial charge in [0.2, 0.25) is 5.83 Å².